The Morgan fingerprint density at radius 3 is 2.88 bits per heavy atom. The first-order chi connectivity index (χ1) is 11.5. The van der Waals surface area contributed by atoms with Crippen molar-refractivity contribution in [3.05, 3.63) is 48.3 Å². The van der Waals surface area contributed by atoms with Crippen molar-refractivity contribution in [2.75, 3.05) is 0 Å². The van der Waals surface area contributed by atoms with Gasteiger partial charge >= 0.3 is 5.69 Å². The van der Waals surface area contributed by atoms with Gasteiger partial charge in [0.05, 0.1) is 15.0 Å². The highest BCUT2D eigenvalue weighted by Crippen LogP contribution is 2.39. The Hall–Kier alpha value is -2.24. The number of phenolic OH excluding ortho intramolecular Hbond substituents is 1. The molecule has 1 N–H and O–H groups in total. The molecule has 1 aliphatic rings. The lowest BCUT2D eigenvalue weighted by Crippen LogP contribution is -1.99. The van der Waals surface area contributed by atoms with Gasteiger partial charge in [-0.25, -0.2) is 4.99 Å². The first-order valence-corrected chi connectivity index (χ1v) is 8.87. The van der Waals surface area contributed by atoms with Crippen molar-refractivity contribution in [1.82, 2.24) is 0 Å². The molecule has 0 saturated heterocycles. The van der Waals surface area contributed by atoms with Crippen LogP contribution in [0.3, 0.4) is 0 Å². The summed E-state index contributed by atoms with van der Waals surface area (Å²) < 4.78 is 0.226. The number of thiophene rings is 1. The molecule has 8 heteroatoms. The predicted octanol–water partition coefficient (Wildman–Crippen LogP) is 4.63. The van der Waals surface area contributed by atoms with E-state index in [1.54, 1.807) is 6.07 Å². The third kappa shape index (κ3) is 3.05. The van der Waals surface area contributed by atoms with Crippen molar-refractivity contribution in [3.8, 4) is 11.8 Å². The fourth-order valence-corrected chi connectivity index (χ4v) is 4.36. The van der Waals surface area contributed by atoms with Crippen molar-refractivity contribution in [2.45, 2.75) is 25.7 Å². The number of aromatic hydroxyl groups is 1. The number of aliphatic imine (C=N–C) groups is 1. The van der Waals surface area contributed by atoms with E-state index >= 15 is 0 Å². The van der Waals surface area contributed by atoms with Crippen molar-refractivity contribution in [1.29, 1.82) is 5.26 Å². The van der Waals surface area contributed by atoms with Gasteiger partial charge in [0, 0.05) is 22.7 Å². The topological polar surface area (TPSA) is 99.5 Å². The van der Waals surface area contributed by atoms with E-state index in [9.17, 15) is 20.5 Å². The zero-order valence-corrected chi connectivity index (χ0v) is 14.9. The van der Waals surface area contributed by atoms with Gasteiger partial charge in [-0.1, -0.05) is 0 Å². The van der Waals surface area contributed by atoms with Gasteiger partial charge in [0.15, 0.2) is 0 Å². The molecule has 0 atom stereocenters. The molecule has 6 nitrogen and oxygen atoms in total. The number of fused-ring (bicyclic) bond motifs is 1. The second-order valence-corrected chi connectivity index (χ2v) is 7.33. The minimum Gasteiger partial charge on any atom is -0.501 e. The van der Waals surface area contributed by atoms with E-state index < -0.39 is 16.4 Å². The summed E-state index contributed by atoms with van der Waals surface area (Å²) in [4.78, 5) is 15.9. The number of rotatable bonds is 3. The van der Waals surface area contributed by atoms with Crippen LogP contribution in [0.2, 0.25) is 0 Å². The number of hydrogen-bond donors (Lipinski definition) is 1. The van der Waals surface area contributed by atoms with E-state index in [1.165, 1.54) is 28.5 Å². The molecule has 1 aromatic heterocycles. The van der Waals surface area contributed by atoms with E-state index in [1.807, 2.05) is 0 Å². The molecular weight excluding hydrogens is 394 g/mol. The van der Waals surface area contributed by atoms with E-state index in [-0.39, 0.29) is 4.47 Å². The molecular formula is C16H12BrN3O3S. The minimum absolute atomic E-state index is 0.226. The van der Waals surface area contributed by atoms with Gasteiger partial charge < -0.3 is 5.11 Å². The molecule has 3 rings (SSSR count). The number of aryl methyl sites for hydroxylation is 1. The lowest BCUT2D eigenvalue weighted by Gasteiger charge is -2.09. The molecule has 0 amide bonds. The average molecular weight is 406 g/mol. The third-order valence-electron chi connectivity index (χ3n) is 3.86. The summed E-state index contributed by atoms with van der Waals surface area (Å²) in [5.74, 6) is -0.415. The van der Waals surface area contributed by atoms with Crippen LogP contribution in [0.4, 0.5) is 10.7 Å². The van der Waals surface area contributed by atoms with Crippen molar-refractivity contribution >= 4 is 44.2 Å². The Bertz CT molecular complexity index is 899. The number of nitro groups is 1. The molecule has 0 bridgehead atoms. The Balaban J connectivity index is 1.99. The number of nitro benzene ring substituents is 1. The molecule has 0 aliphatic heterocycles. The monoisotopic (exact) mass is 405 g/mol. The lowest BCUT2D eigenvalue weighted by atomic mass is 9.96. The zero-order chi connectivity index (χ0) is 17.3. The number of benzene rings is 1. The first-order valence-electron chi connectivity index (χ1n) is 7.27. The number of nitriles is 1. The van der Waals surface area contributed by atoms with Crippen LogP contribution in [0.15, 0.2) is 21.6 Å². The highest BCUT2D eigenvalue weighted by molar-refractivity contribution is 9.10. The highest BCUT2D eigenvalue weighted by Gasteiger charge is 2.21. The zero-order valence-electron chi connectivity index (χ0n) is 12.5. The van der Waals surface area contributed by atoms with Crippen LogP contribution in [0.1, 0.15) is 34.4 Å². The van der Waals surface area contributed by atoms with E-state index in [4.69, 9.17) is 0 Å². The maximum Gasteiger partial charge on any atom is 0.312 e. The van der Waals surface area contributed by atoms with Gasteiger partial charge in [-0.3, -0.25) is 10.1 Å². The summed E-state index contributed by atoms with van der Waals surface area (Å²) in [7, 11) is 0. The lowest BCUT2D eigenvalue weighted by molar-refractivity contribution is -0.386. The van der Waals surface area contributed by atoms with Gasteiger partial charge in [0.2, 0.25) is 5.75 Å². The largest absolute Gasteiger partial charge is 0.501 e. The van der Waals surface area contributed by atoms with E-state index in [2.05, 4.69) is 27.0 Å². The van der Waals surface area contributed by atoms with Crippen LogP contribution in [0.25, 0.3) is 0 Å². The first kappa shape index (κ1) is 16.6. The molecule has 122 valence electrons. The Labute approximate surface area is 150 Å². The summed E-state index contributed by atoms with van der Waals surface area (Å²) in [6.45, 7) is 0. The number of halogens is 1. The van der Waals surface area contributed by atoms with Crippen molar-refractivity contribution in [2.24, 2.45) is 4.99 Å². The molecule has 1 aromatic carbocycles. The average Bonchev–Trinajstić information content (AvgIpc) is 2.92. The van der Waals surface area contributed by atoms with Gasteiger partial charge in [0.25, 0.3) is 0 Å². The molecule has 0 radical (unpaired) electrons. The SMILES string of the molecule is N#Cc1c(/N=C/c2cc(Br)c(O)c([N+](=O)[O-])c2)sc2c1CCCC2. The summed E-state index contributed by atoms with van der Waals surface area (Å²) >= 11 is 4.61. The standard InChI is InChI=1S/C16H12BrN3O3S/c17-12-5-9(6-13(15(12)21)20(22)23)8-19-16-11(7-18)10-3-1-2-4-14(10)24-16/h5-6,8,21H,1-4H2/b19-8+. The molecule has 2 aromatic rings. The molecule has 0 spiro atoms. The van der Waals surface area contributed by atoms with Gasteiger partial charge in [-0.05, 0) is 53.2 Å². The number of hydrogen-bond acceptors (Lipinski definition) is 6. The summed E-state index contributed by atoms with van der Waals surface area (Å²) in [5, 5.41) is 30.7. The summed E-state index contributed by atoms with van der Waals surface area (Å²) in [5.41, 5.74) is 1.79. The fourth-order valence-electron chi connectivity index (χ4n) is 2.71. The van der Waals surface area contributed by atoms with Crippen molar-refractivity contribution < 1.29 is 10.0 Å². The van der Waals surface area contributed by atoms with Crippen LogP contribution < -0.4 is 0 Å². The van der Waals surface area contributed by atoms with Crippen LogP contribution in [-0.2, 0) is 12.8 Å². The molecule has 24 heavy (non-hydrogen) atoms. The summed E-state index contributed by atoms with van der Waals surface area (Å²) in [6.07, 6.45) is 5.56. The maximum absolute atomic E-state index is 11.0. The Morgan fingerprint density at radius 2 is 2.17 bits per heavy atom. The molecule has 1 heterocycles. The van der Waals surface area contributed by atoms with Gasteiger partial charge in [-0.15, -0.1) is 11.3 Å². The Morgan fingerprint density at radius 1 is 1.42 bits per heavy atom. The fraction of sp³-hybridized carbons (Fsp3) is 0.250. The third-order valence-corrected chi connectivity index (χ3v) is 5.66. The second-order valence-electron chi connectivity index (χ2n) is 5.39. The highest BCUT2D eigenvalue weighted by atomic mass is 79.9. The van der Waals surface area contributed by atoms with Crippen LogP contribution in [0, 0.1) is 21.4 Å². The predicted molar refractivity (Wildman–Crippen MR) is 95.4 cm³/mol. The molecule has 0 fully saturated rings. The molecule has 0 saturated carbocycles. The van der Waals surface area contributed by atoms with Crippen molar-refractivity contribution in [3.63, 3.8) is 0 Å². The van der Waals surface area contributed by atoms with E-state index in [0.29, 0.717) is 16.1 Å². The van der Waals surface area contributed by atoms with Crippen LogP contribution in [-0.4, -0.2) is 16.2 Å². The number of nitrogens with zero attached hydrogens (tertiary/aromatic N) is 3. The number of phenols is 1. The smallest absolute Gasteiger partial charge is 0.312 e. The molecule has 1 aliphatic carbocycles. The minimum atomic E-state index is -0.651. The summed E-state index contributed by atoms with van der Waals surface area (Å²) in [6, 6.07) is 5.03. The second kappa shape index (κ2) is 6.71. The Kier molecular flexibility index (Phi) is 4.64. The van der Waals surface area contributed by atoms with Crippen LogP contribution in [0.5, 0.6) is 5.75 Å². The van der Waals surface area contributed by atoms with E-state index in [0.717, 1.165) is 31.2 Å². The van der Waals surface area contributed by atoms with Gasteiger partial charge in [0.1, 0.15) is 11.1 Å². The molecule has 0 unspecified atom stereocenters. The maximum atomic E-state index is 11.0. The van der Waals surface area contributed by atoms with Crippen LogP contribution >= 0.6 is 27.3 Å². The normalized spacial score (nSPS) is 13.7. The van der Waals surface area contributed by atoms with Gasteiger partial charge in [-0.2, -0.15) is 5.26 Å². The quantitative estimate of drug-likeness (QED) is 0.457.